The van der Waals surface area contributed by atoms with Gasteiger partial charge in [-0.15, -0.1) is 0 Å². The van der Waals surface area contributed by atoms with E-state index in [-0.39, 0.29) is 11.8 Å². The van der Waals surface area contributed by atoms with Crippen LogP contribution in [-0.2, 0) is 11.2 Å². The Hall–Kier alpha value is -2.93. The molecular formula is C17H14ClN5O2. The van der Waals surface area contributed by atoms with Crippen LogP contribution in [0.15, 0.2) is 49.2 Å². The smallest absolute Gasteiger partial charge is 0.231 e. The molecule has 0 saturated heterocycles. The number of nitrogens with one attached hydrogen (secondary N) is 1. The molecule has 25 heavy (non-hydrogen) atoms. The molecule has 3 heterocycles. The summed E-state index contributed by atoms with van der Waals surface area (Å²) in [7, 11) is 0. The maximum atomic E-state index is 12.5. The van der Waals surface area contributed by atoms with Crippen LogP contribution in [0, 0.1) is 5.92 Å². The summed E-state index contributed by atoms with van der Waals surface area (Å²) in [6.45, 7) is 0.338. The van der Waals surface area contributed by atoms with Gasteiger partial charge in [-0.25, -0.2) is 14.6 Å². The van der Waals surface area contributed by atoms with Gasteiger partial charge in [0.25, 0.3) is 0 Å². The highest BCUT2D eigenvalue weighted by atomic mass is 35.5. The van der Waals surface area contributed by atoms with Gasteiger partial charge in [-0.05, 0) is 42.3 Å². The lowest BCUT2D eigenvalue weighted by Gasteiger charge is -2.24. The van der Waals surface area contributed by atoms with Crippen LogP contribution in [-0.4, -0.2) is 32.3 Å². The number of hydrogen-bond donors (Lipinski definition) is 1. The lowest BCUT2D eigenvalue weighted by Crippen LogP contribution is -2.32. The number of hydrogen-bond acceptors (Lipinski definition) is 5. The van der Waals surface area contributed by atoms with Crippen molar-refractivity contribution in [2.24, 2.45) is 5.92 Å². The fraction of sp³-hybridized carbons (Fsp3) is 0.176. The number of carbonyl (C=O) groups is 1. The summed E-state index contributed by atoms with van der Waals surface area (Å²) in [6, 6.07) is 8.99. The molecule has 1 aliphatic heterocycles. The van der Waals surface area contributed by atoms with E-state index in [1.807, 2.05) is 12.1 Å². The molecule has 0 aliphatic carbocycles. The maximum absolute atomic E-state index is 12.5. The van der Waals surface area contributed by atoms with Crippen LogP contribution in [0.3, 0.4) is 0 Å². The number of fused-ring (bicyclic) bond motifs is 1. The molecule has 1 aliphatic rings. The molecule has 0 saturated carbocycles. The number of ether oxygens (including phenoxy) is 1. The van der Waals surface area contributed by atoms with E-state index in [9.17, 15) is 4.79 Å². The number of carbonyl (C=O) groups excluding carboxylic acids is 1. The average Bonchev–Trinajstić information content (AvgIpc) is 3.16. The Morgan fingerprint density at radius 3 is 3.00 bits per heavy atom. The number of benzene rings is 1. The standard InChI is InChI=1S/C17H14ClN5O2/c18-13-1-3-15-11(6-13)5-12(8-25-15)17(24)22-14-2-4-16(20-7-14)23-10-19-9-21-23/h1-4,6-7,9-10,12H,5,8H2,(H,22,24). The summed E-state index contributed by atoms with van der Waals surface area (Å²) >= 11 is 6.01. The lowest BCUT2D eigenvalue weighted by molar-refractivity contribution is -0.121. The highest BCUT2D eigenvalue weighted by Gasteiger charge is 2.26. The third-order valence-electron chi connectivity index (χ3n) is 3.97. The van der Waals surface area contributed by atoms with Crippen molar-refractivity contribution in [3.8, 4) is 11.6 Å². The van der Waals surface area contributed by atoms with E-state index in [1.54, 1.807) is 35.4 Å². The van der Waals surface area contributed by atoms with Crippen molar-refractivity contribution in [1.82, 2.24) is 19.7 Å². The Balaban J connectivity index is 1.44. The summed E-state index contributed by atoms with van der Waals surface area (Å²) < 4.78 is 7.21. The molecule has 1 atom stereocenters. The van der Waals surface area contributed by atoms with Crippen LogP contribution in [0.5, 0.6) is 5.75 Å². The van der Waals surface area contributed by atoms with E-state index >= 15 is 0 Å². The van der Waals surface area contributed by atoms with Crippen LogP contribution in [0.2, 0.25) is 5.02 Å². The zero-order valence-electron chi connectivity index (χ0n) is 13.1. The highest BCUT2D eigenvalue weighted by Crippen LogP contribution is 2.30. The molecule has 4 rings (SSSR count). The first-order valence-electron chi connectivity index (χ1n) is 7.72. The number of amides is 1. The number of halogens is 1. The molecular weight excluding hydrogens is 342 g/mol. The summed E-state index contributed by atoms with van der Waals surface area (Å²) in [5, 5.41) is 7.51. The van der Waals surface area contributed by atoms with Crippen LogP contribution in [0.1, 0.15) is 5.56 Å². The van der Waals surface area contributed by atoms with Gasteiger partial charge in [0.05, 0.1) is 17.8 Å². The van der Waals surface area contributed by atoms with Gasteiger partial charge in [0.15, 0.2) is 5.82 Å². The predicted molar refractivity (Wildman–Crippen MR) is 91.9 cm³/mol. The van der Waals surface area contributed by atoms with Crippen molar-refractivity contribution in [2.75, 3.05) is 11.9 Å². The lowest BCUT2D eigenvalue weighted by atomic mass is 9.96. The minimum Gasteiger partial charge on any atom is -0.492 e. The van der Waals surface area contributed by atoms with Gasteiger partial charge in [-0.2, -0.15) is 5.10 Å². The molecule has 2 aromatic heterocycles. The second-order valence-corrected chi connectivity index (χ2v) is 6.13. The highest BCUT2D eigenvalue weighted by molar-refractivity contribution is 6.30. The quantitative estimate of drug-likeness (QED) is 0.780. The molecule has 1 unspecified atom stereocenters. The minimum absolute atomic E-state index is 0.110. The Morgan fingerprint density at radius 1 is 1.32 bits per heavy atom. The molecule has 0 bridgehead atoms. The first-order valence-corrected chi connectivity index (χ1v) is 8.10. The molecule has 1 amide bonds. The Kier molecular flexibility index (Phi) is 4.07. The van der Waals surface area contributed by atoms with Crippen LogP contribution < -0.4 is 10.1 Å². The van der Waals surface area contributed by atoms with E-state index in [0.29, 0.717) is 29.6 Å². The van der Waals surface area contributed by atoms with Gasteiger partial charge in [0, 0.05) is 5.02 Å². The molecule has 1 N–H and O–H groups in total. The van der Waals surface area contributed by atoms with Crippen molar-refractivity contribution in [3.05, 3.63) is 59.8 Å². The van der Waals surface area contributed by atoms with Gasteiger partial charge in [0.2, 0.25) is 5.91 Å². The zero-order chi connectivity index (χ0) is 17.2. The Bertz CT molecular complexity index is 896. The van der Waals surface area contributed by atoms with Gasteiger partial charge < -0.3 is 10.1 Å². The normalized spacial score (nSPS) is 16.0. The van der Waals surface area contributed by atoms with E-state index < -0.39 is 0 Å². The summed E-state index contributed by atoms with van der Waals surface area (Å²) in [6.07, 6.45) is 5.17. The molecule has 0 fully saturated rings. The van der Waals surface area contributed by atoms with Crippen molar-refractivity contribution < 1.29 is 9.53 Å². The first kappa shape index (κ1) is 15.6. The Morgan fingerprint density at radius 2 is 2.24 bits per heavy atom. The molecule has 1 aromatic carbocycles. The number of aromatic nitrogens is 4. The second-order valence-electron chi connectivity index (χ2n) is 5.70. The Labute approximate surface area is 148 Å². The third kappa shape index (κ3) is 3.32. The van der Waals surface area contributed by atoms with Gasteiger partial charge in [0.1, 0.15) is 25.0 Å². The first-order chi connectivity index (χ1) is 12.2. The second kappa shape index (κ2) is 6.52. The molecule has 3 aromatic rings. The molecule has 126 valence electrons. The van der Waals surface area contributed by atoms with Crippen molar-refractivity contribution in [3.63, 3.8) is 0 Å². The summed E-state index contributed by atoms with van der Waals surface area (Å²) in [5.74, 6) is 1.02. The summed E-state index contributed by atoms with van der Waals surface area (Å²) in [4.78, 5) is 20.6. The van der Waals surface area contributed by atoms with Crippen LogP contribution in [0.25, 0.3) is 5.82 Å². The van der Waals surface area contributed by atoms with Gasteiger partial charge >= 0.3 is 0 Å². The fourth-order valence-corrected chi connectivity index (χ4v) is 2.89. The topological polar surface area (TPSA) is 81.9 Å². The maximum Gasteiger partial charge on any atom is 0.231 e. The van der Waals surface area contributed by atoms with E-state index in [1.165, 1.54) is 6.33 Å². The van der Waals surface area contributed by atoms with Crippen LogP contribution in [0.4, 0.5) is 5.69 Å². The predicted octanol–water partition coefficient (Wildman–Crippen LogP) is 2.51. The van der Waals surface area contributed by atoms with Gasteiger partial charge in [-0.3, -0.25) is 4.79 Å². The number of anilines is 1. The van der Waals surface area contributed by atoms with Crippen molar-refractivity contribution in [1.29, 1.82) is 0 Å². The largest absolute Gasteiger partial charge is 0.492 e. The average molecular weight is 356 g/mol. The van der Waals surface area contributed by atoms with Crippen LogP contribution >= 0.6 is 11.6 Å². The number of pyridine rings is 1. The SMILES string of the molecule is O=C(Nc1ccc(-n2cncn2)nc1)C1COc2ccc(Cl)cc2C1. The minimum atomic E-state index is -0.277. The van der Waals surface area contributed by atoms with E-state index in [4.69, 9.17) is 16.3 Å². The summed E-state index contributed by atoms with van der Waals surface area (Å²) in [5.41, 5.74) is 1.56. The number of nitrogens with zero attached hydrogens (tertiary/aromatic N) is 4. The van der Waals surface area contributed by atoms with Crippen molar-refractivity contribution in [2.45, 2.75) is 6.42 Å². The molecule has 0 radical (unpaired) electrons. The van der Waals surface area contributed by atoms with Gasteiger partial charge in [-0.1, -0.05) is 11.6 Å². The fourth-order valence-electron chi connectivity index (χ4n) is 2.70. The molecule has 0 spiro atoms. The van der Waals surface area contributed by atoms with E-state index in [2.05, 4.69) is 20.4 Å². The molecule has 8 heteroatoms. The zero-order valence-corrected chi connectivity index (χ0v) is 13.8. The molecule has 7 nitrogen and oxygen atoms in total. The van der Waals surface area contributed by atoms with Crippen molar-refractivity contribution >= 4 is 23.2 Å². The third-order valence-corrected chi connectivity index (χ3v) is 4.20. The monoisotopic (exact) mass is 355 g/mol. The number of rotatable bonds is 3. The van der Waals surface area contributed by atoms with E-state index in [0.717, 1.165) is 11.3 Å².